The van der Waals surface area contributed by atoms with Gasteiger partial charge in [-0.15, -0.1) is 0 Å². The number of hydrogen-bond acceptors (Lipinski definition) is 7. The summed E-state index contributed by atoms with van der Waals surface area (Å²) in [5, 5.41) is 10.1. The summed E-state index contributed by atoms with van der Waals surface area (Å²) in [5.74, 6) is 0.835. The smallest absolute Gasteiger partial charge is 0.296 e. The molecule has 2 aromatic heterocycles. The van der Waals surface area contributed by atoms with Crippen LogP contribution in [-0.4, -0.2) is 37.2 Å². The first-order valence-electron chi connectivity index (χ1n) is 16.2. The third-order valence-electron chi connectivity index (χ3n) is 9.39. The van der Waals surface area contributed by atoms with Crippen LogP contribution in [0.5, 0.6) is 0 Å². The molecule has 0 bridgehead atoms. The lowest BCUT2D eigenvalue weighted by Crippen LogP contribution is -2.40. The maximum Gasteiger partial charge on any atom is 0.296 e. The second kappa shape index (κ2) is 13.8. The van der Waals surface area contributed by atoms with E-state index in [4.69, 9.17) is 12.2 Å². The number of benzene rings is 2. The Morgan fingerprint density at radius 1 is 0.979 bits per heavy atom. The molecule has 4 heterocycles. The number of aromatic nitrogens is 3. The fraction of sp³-hybridized carbons (Fsp3) is 0.324. The number of nitriles is 1. The molecule has 0 aliphatic carbocycles. The van der Waals surface area contributed by atoms with E-state index in [0.29, 0.717) is 46.3 Å². The van der Waals surface area contributed by atoms with E-state index in [1.165, 1.54) is 15.1 Å². The summed E-state index contributed by atoms with van der Waals surface area (Å²) < 4.78 is 5.20. The second-order valence-electron chi connectivity index (χ2n) is 12.4. The summed E-state index contributed by atoms with van der Waals surface area (Å²) in [7, 11) is 1.78. The number of para-hydroxylation sites is 1. The average Bonchev–Trinajstić information content (AvgIpc) is 3.48. The maximum atomic E-state index is 14.2. The molecule has 0 N–H and O–H groups in total. The fourth-order valence-electron chi connectivity index (χ4n) is 6.82. The quantitative estimate of drug-likeness (QED) is 0.164. The van der Waals surface area contributed by atoms with Crippen molar-refractivity contribution in [3.63, 3.8) is 0 Å². The summed E-state index contributed by atoms with van der Waals surface area (Å²) >= 11 is 6.85. The Balaban J connectivity index is 1.40. The lowest BCUT2D eigenvalue weighted by atomic mass is 9.90. The highest BCUT2D eigenvalue weighted by Gasteiger charge is 2.38. The highest BCUT2D eigenvalue weighted by atomic mass is 32.2. The highest BCUT2D eigenvalue weighted by Crippen LogP contribution is 2.39. The van der Waals surface area contributed by atoms with Crippen molar-refractivity contribution < 1.29 is 4.79 Å². The van der Waals surface area contributed by atoms with Crippen molar-refractivity contribution >= 4 is 51.8 Å². The number of amides is 1. The van der Waals surface area contributed by atoms with Crippen molar-refractivity contribution in [2.45, 2.75) is 53.0 Å². The number of carbonyl (C=O) groups is 1. The van der Waals surface area contributed by atoms with Gasteiger partial charge in [0.2, 0.25) is 0 Å². The summed E-state index contributed by atoms with van der Waals surface area (Å²) in [6, 6.07) is 21.9. The van der Waals surface area contributed by atoms with Gasteiger partial charge in [-0.25, -0.2) is 4.68 Å². The van der Waals surface area contributed by atoms with Gasteiger partial charge in [-0.2, -0.15) is 5.26 Å². The number of nitrogens with zero attached hydrogens (tertiary/aromatic N) is 6. The van der Waals surface area contributed by atoms with Crippen LogP contribution in [0.25, 0.3) is 11.8 Å². The van der Waals surface area contributed by atoms with E-state index in [2.05, 4.69) is 35.2 Å². The van der Waals surface area contributed by atoms with Gasteiger partial charge < -0.3 is 4.90 Å². The number of pyridine rings is 1. The van der Waals surface area contributed by atoms with E-state index >= 15 is 0 Å². The molecule has 0 atom stereocenters. The Labute approximate surface area is 289 Å². The fourth-order valence-corrected chi connectivity index (χ4v) is 8.07. The average molecular weight is 679 g/mol. The Kier molecular flexibility index (Phi) is 9.58. The highest BCUT2D eigenvalue weighted by molar-refractivity contribution is 8.27. The van der Waals surface area contributed by atoms with Gasteiger partial charge >= 0.3 is 0 Å². The molecular formula is C37H38N6O3S2. The van der Waals surface area contributed by atoms with Gasteiger partial charge in [0, 0.05) is 32.2 Å². The number of anilines is 2. The van der Waals surface area contributed by atoms with Gasteiger partial charge in [0.05, 0.1) is 16.3 Å². The summed E-state index contributed by atoms with van der Waals surface area (Å²) in [4.78, 5) is 45.6. The van der Waals surface area contributed by atoms with Crippen molar-refractivity contribution in [1.29, 1.82) is 5.26 Å². The van der Waals surface area contributed by atoms with Gasteiger partial charge in [-0.05, 0) is 74.8 Å². The van der Waals surface area contributed by atoms with E-state index in [0.717, 1.165) is 49.9 Å². The van der Waals surface area contributed by atoms with Gasteiger partial charge in [0.15, 0.2) is 4.32 Å². The Morgan fingerprint density at radius 2 is 1.62 bits per heavy atom. The van der Waals surface area contributed by atoms with Crippen LogP contribution in [0.3, 0.4) is 0 Å². The second-order valence-corrected chi connectivity index (χ2v) is 14.0. The molecule has 0 saturated carbocycles. The number of thiocarbonyl (C=S) groups is 1. The normalized spacial score (nSPS) is 16.3. The Bertz CT molecular complexity index is 2080. The van der Waals surface area contributed by atoms with E-state index in [9.17, 15) is 19.6 Å². The summed E-state index contributed by atoms with van der Waals surface area (Å²) in [6.07, 6.45) is 5.38. The predicted molar refractivity (Wildman–Crippen MR) is 197 cm³/mol. The standard InChI is InChI=1S/C37H38N6O3S2/c1-5-18-41-33(40-19-16-27(17-20-40)21-26-12-8-6-9-13-26)29(24(2)30(23-38)34(41)44)22-31-35(45)42(37(47)48-31)32-25(3)39(4)43(36(32)46)28-14-10-7-11-15-28/h6-15,22,27H,5,16-21H2,1-4H3/b31-22+. The van der Waals surface area contributed by atoms with Crippen LogP contribution >= 0.6 is 24.0 Å². The van der Waals surface area contributed by atoms with Crippen molar-refractivity contribution in [3.05, 3.63) is 114 Å². The largest absolute Gasteiger partial charge is 0.357 e. The first kappa shape index (κ1) is 33.2. The number of rotatable bonds is 8. The van der Waals surface area contributed by atoms with Crippen LogP contribution in [0.4, 0.5) is 11.5 Å². The van der Waals surface area contributed by atoms with Crippen molar-refractivity contribution in [2.75, 3.05) is 22.9 Å². The summed E-state index contributed by atoms with van der Waals surface area (Å²) in [5.41, 5.74) is 3.39. The predicted octanol–water partition coefficient (Wildman–Crippen LogP) is 6.10. The molecule has 0 unspecified atom stereocenters. The van der Waals surface area contributed by atoms with Gasteiger partial charge in [-0.1, -0.05) is 79.4 Å². The molecule has 6 rings (SSSR count). The Morgan fingerprint density at radius 3 is 2.25 bits per heavy atom. The first-order chi connectivity index (χ1) is 23.2. The molecule has 2 fully saturated rings. The van der Waals surface area contributed by atoms with E-state index in [-0.39, 0.29) is 26.7 Å². The maximum absolute atomic E-state index is 14.2. The number of thioether (sulfide) groups is 1. The Hall–Kier alpha value is -4.66. The van der Waals surface area contributed by atoms with E-state index in [1.807, 2.05) is 43.3 Å². The van der Waals surface area contributed by atoms with Crippen LogP contribution < -0.4 is 20.9 Å². The topological polar surface area (TPSA) is 96.3 Å². The van der Waals surface area contributed by atoms with E-state index in [1.54, 1.807) is 36.2 Å². The van der Waals surface area contributed by atoms with Crippen molar-refractivity contribution in [3.8, 4) is 11.8 Å². The van der Waals surface area contributed by atoms with Crippen molar-refractivity contribution in [2.24, 2.45) is 13.0 Å². The lowest BCUT2D eigenvalue weighted by Gasteiger charge is -2.36. The molecule has 2 saturated heterocycles. The molecule has 2 aromatic carbocycles. The molecule has 9 nitrogen and oxygen atoms in total. The molecule has 2 aliphatic rings. The molecule has 246 valence electrons. The van der Waals surface area contributed by atoms with Crippen molar-refractivity contribution in [1.82, 2.24) is 13.9 Å². The molecule has 0 spiro atoms. The van der Waals surface area contributed by atoms with Crippen LogP contribution in [0.15, 0.2) is 75.2 Å². The first-order valence-corrected chi connectivity index (χ1v) is 17.5. The molecule has 48 heavy (non-hydrogen) atoms. The lowest BCUT2D eigenvalue weighted by molar-refractivity contribution is -0.113. The molecule has 4 aromatic rings. The minimum atomic E-state index is -0.408. The molecule has 11 heteroatoms. The van der Waals surface area contributed by atoms with Gasteiger partial charge in [0.1, 0.15) is 23.1 Å². The van der Waals surface area contributed by atoms with Crippen LogP contribution in [0.1, 0.15) is 54.1 Å². The summed E-state index contributed by atoms with van der Waals surface area (Å²) in [6.45, 7) is 7.50. The number of carbonyl (C=O) groups excluding carboxylic acids is 1. The van der Waals surface area contributed by atoms with Crippen LogP contribution in [0.2, 0.25) is 0 Å². The molecule has 1 amide bonds. The van der Waals surface area contributed by atoms with Gasteiger partial charge in [0.25, 0.3) is 17.0 Å². The zero-order valence-electron chi connectivity index (χ0n) is 27.6. The van der Waals surface area contributed by atoms with E-state index < -0.39 is 5.91 Å². The third kappa shape index (κ3) is 5.95. The molecular weight excluding hydrogens is 641 g/mol. The minimum absolute atomic E-state index is 0.0672. The van der Waals surface area contributed by atoms with Crippen LogP contribution in [0, 0.1) is 31.1 Å². The third-order valence-corrected chi connectivity index (χ3v) is 10.7. The van der Waals surface area contributed by atoms with Gasteiger partial charge in [-0.3, -0.25) is 28.5 Å². The monoisotopic (exact) mass is 678 g/mol. The zero-order valence-corrected chi connectivity index (χ0v) is 29.2. The minimum Gasteiger partial charge on any atom is -0.357 e. The molecule has 2 aliphatic heterocycles. The number of hydrogen-bond donors (Lipinski definition) is 0. The SMILES string of the molecule is CCCn1c(N2CCC(Cc3ccccc3)CC2)c(/C=C2/SC(=S)N(c3c(C)n(C)n(-c4ccccc4)c3=O)C2=O)c(C)c(C#N)c1=O. The van der Waals surface area contributed by atoms with Crippen LogP contribution in [-0.2, 0) is 24.8 Å². The zero-order chi connectivity index (χ0) is 34.1. The molecule has 0 radical (unpaired) electrons. The number of piperidine rings is 1.